The summed E-state index contributed by atoms with van der Waals surface area (Å²) in [5.74, 6) is 0.825. The second-order valence-corrected chi connectivity index (χ2v) is 3.25. The third-order valence-corrected chi connectivity index (χ3v) is 2.03. The first-order valence-corrected chi connectivity index (χ1v) is 4.78. The first-order chi connectivity index (χ1) is 7.38. The van der Waals surface area contributed by atoms with Gasteiger partial charge < -0.3 is 14.3 Å². The second kappa shape index (κ2) is 4.79. The van der Waals surface area contributed by atoms with Crippen molar-refractivity contribution in [2.45, 2.75) is 12.7 Å². The lowest BCUT2D eigenvalue weighted by atomic mass is 10.2. The van der Waals surface area contributed by atoms with E-state index in [1.165, 1.54) is 0 Å². The summed E-state index contributed by atoms with van der Waals surface area (Å²) < 4.78 is 10.0. The molecule has 1 atom stereocenters. The van der Waals surface area contributed by atoms with E-state index in [9.17, 15) is 0 Å². The average Bonchev–Trinajstić information content (AvgIpc) is 3.09. The summed E-state index contributed by atoms with van der Waals surface area (Å²) in [6.07, 6.45) is 1.83. The first-order valence-electron chi connectivity index (χ1n) is 4.78. The van der Waals surface area contributed by atoms with Crippen LogP contribution in [-0.2, 0) is 16.2 Å². The molecule has 1 aliphatic heterocycles. The third kappa shape index (κ3) is 3.25. The summed E-state index contributed by atoms with van der Waals surface area (Å²) in [5, 5.41) is 3.79. The fraction of sp³-hybridized carbons (Fsp3) is 0.364. The summed E-state index contributed by atoms with van der Waals surface area (Å²) in [7, 11) is 1.64. The highest BCUT2D eigenvalue weighted by atomic mass is 16.6. The van der Waals surface area contributed by atoms with Gasteiger partial charge in [-0.3, -0.25) is 0 Å². The SMILES string of the molecule is COc1cccc(CO/N=C/C2CO2)c1. The lowest BCUT2D eigenvalue weighted by Crippen LogP contribution is -1.91. The Morgan fingerprint density at radius 2 is 2.47 bits per heavy atom. The first kappa shape index (κ1) is 9.98. The van der Waals surface area contributed by atoms with Crippen LogP contribution in [0.5, 0.6) is 5.75 Å². The van der Waals surface area contributed by atoms with E-state index >= 15 is 0 Å². The Balaban J connectivity index is 1.81. The average molecular weight is 207 g/mol. The van der Waals surface area contributed by atoms with Crippen LogP contribution in [0.15, 0.2) is 29.4 Å². The van der Waals surface area contributed by atoms with Gasteiger partial charge in [0.15, 0.2) is 0 Å². The van der Waals surface area contributed by atoms with Crippen molar-refractivity contribution in [3.05, 3.63) is 29.8 Å². The maximum Gasteiger partial charge on any atom is 0.142 e. The molecule has 1 aliphatic rings. The zero-order valence-corrected chi connectivity index (χ0v) is 8.55. The Bertz CT molecular complexity index is 347. The summed E-state index contributed by atoms with van der Waals surface area (Å²) in [6.45, 7) is 1.20. The van der Waals surface area contributed by atoms with Crippen LogP contribution in [0, 0.1) is 0 Å². The highest BCUT2D eigenvalue weighted by Gasteiger charge is 2.19. The topological polar surface area (TPSA) is 43.4 Å². The number of epoxide rings is 1. The van der Waals surface area contributed by atoms with Crippen molar-refractivity contribution in [3.8, 4) is 5.75 Å². The van der Waals surface area contributed by atoms with Gasteiger partial charge in [-0.15, -0.1) is 0 Å². The van der Waals surface area contributed by atoms with Crippen LogP contribution < -0.4 is 4.74 Å². The van der Waals surface area contributed by atoms with E-state index in [0.29, 0.717) is 6.61 Å². The molecular weight excluding hydrogens is 194 g/mol. The summed E-state index contributed by atoms with van der Waals surface area (Å²) in [6, 6.07) is 7.70. The van der Waals surface area contributed by atoms with E-state index in [1.54, 1.807) is 13.3 Å². The number of benzene rings is 1. The van der Waals surface area contributed by atoms with Crippen molar-refractivity contribution >= 4 is 6.21 Å². The van der Waals surface area contributed by atoms with E-state index in [0.717, 1.165) is 17.9 Å². The van der Waals surface area contributed by atoms with Crippen LogP contribution in [0.1, 0.15) is 5.56 Å². The summed E-state index contributed by atoms with van der Waals surface area (Å²) in [4.78, 5) is 5.10. The molecule has 0 bridgehead atoms. The van der Waals surface area contributed by atoms with E-state index in [1.807, 2.05) is 24.3 Å². The number of oxime groups is 1. The zero-order chi connectivity index (χ0) is 10.5. The van der Waals surface area contributed by atoms with Crippen LogP contribution in [0.25, 0.3) is 0 Å². The van der Waals surface area contributed by atoms with Gasteiger partial charge >= 0.3 is 0 Å². The van der Waals surface area contributed by atoms with E-state index in [-0.39, 0.29) is 6.10 Å². The van der Waals surface area contributed by atoms with Gasteiger partial charge in [0.05, 0.1) is 19.9 Å². The van der Waals surface area contributed by atoms with Crippen molar-refractivity contribution in [3.63, 3.8) is 0 Å². The smallest absolute Gasteiger partial charge is 0.142 e. The van der Waals surface area contributed by atoms with Crippen molar-refractivity contribution in [2.75, 3.05) is 13.7 Å². The van der Waals surface area contributed by atoms with Crippen molar-refractivity contribution in [1.82, 2.24) is 0 Å². The normalized spacial score (nSPS) is 19.1. The molecule has 0 amide bonds. The Labute approximate surface area is 88.4 Å². The molecule has 0 saturated carbocycles. The fourth-order valence-corrected chi connectivity index (χ4v) is 1.13. The van der Waals surface area contributed by atoms with Gasteiger partial charge in [0.2, 0.25) is 0 Å². The van der Waals surface area contributed by atoms with E-state index < -0.39 is 0 Å². The zero-order valence-electron chi connectivity index (χ0n) is 8.55. The van der Waals surface area contributed by atoms with Crippen LogP contribution >= 0.6 is 0 Å². The van der Waals surface area contributed by atoms with Crippen LogP contribution in [0.3, 0.4) is 0 Å². The molecule has 4 heteroatoms. The van der Waals surface area contributed by atoms with Gasteiger partial charge in [-0.2, -0.15) is 0 Å². The molecule has 1 saturated heterocycles. The van der Waals surface area contributed by atoms with Crippen LogP contribution in [-0.4, -0.2) is 26.0 Å². The molecule has 1 aromatic carbocycles. The van der Waals surface area contributed by atoms with Crippen LogP contribution in [0.2, 0.25) is 0 Å². The fourth-order valence-electron chi connectivity index (χ4n) is 1.13. The lowest BCUT2D eigenvalue weighted by Gasteiger charge is -2.02. The number of ether oxygens (including phenoxy) is 2. The number of hydrogen-bond acceptors (Lipinski definition) is 4. The monoisotopic (exact) mass is 207 g/mol. The second-order valence-electron chi connectivity index (χ2n) is 3.25. The summed E-state index contributed by atoms with van der Waals surface area (Å²) in [5.41, 5.74) is 1.03. The van der Waals surface area contributed by atoms with Gasteiger partial charge in [-0.1, -0.05) is 17.3 Å². The molecule has 0 N–H and O–H groups in total. The molecule has 2 rings (SSSR count). The van der Waals surface area contributed by atoms with Gasteiger partial charge in [0, 0.05) is 0 Å². The molecule has 0 spiro atoms. The minimum absolute atomic E-state index is 0.162. The Morgan fingerprint density at radius 1 is 1.60 bits per heavy atom. The van der Waals surface area contributed by atoms with E-state index in [4.69, 9.17) is 14.3 Å². The Hall–Kier alpha value is -1.55. The lowest BCUT2D eigenvalue weighted by molar-refractivity contribution is 0.131. The molecule has 1 unspecified atom stereocenters. The molecule has 4 nitrogen and oxygen atoms in total. The molecule has 1 heterocycles. The quantitative estimate of drug-likeness (QED) is 0.418. The van der Waals surface area contributed by atoms with E-state index in [2.05, 4.69) is 5.16 Å². The molecule has 80 valence electrons. The minimum atomic E-state index is 0.162. The maximum absolute atomic E-state index is 5.10. The van der Waals surface area contributed by atoms with Gasteiger partial charge in [0.1, 0.15) is 18.5 Å². The minimum Gasteiger partial charge on any atom is -0.497 e. The molecule has 1 fully saturated rings. The molecule has 1 aromatic rings. The highest BCUT2D eigenvalue weighted by Crippen LogP contribution is 2.13. The predicted molar refractivity (Wildman–Crippen MR) is 56.0 cm³/mol. The molecule has 0 aromatic heterocycles. The Kier molecular flexibility index (Phi) is 3.19. The standard InChI is InChI=1S/C11H13NO3/c1-13-10-4-2-3-9(5-10)7-15-12-6-11-8-14-11/h2-6,11H,7-8H2,1H3/b12-6+. The molecule has 15 heavy (non-hydrogen) atoms. The molecular formula is C11H13NO3. The van der Waals surface area contributed by atoms with Crippen molar-refractivity contribution in [2.24, 2.45) is 5.16 Å². The predicted octanol–water partition coefficient (Wildman–Crippen LogP) is 1.60. The number of nitrogens with zero attached hydrogens (tertiary/aromatic N) is 1. The third-order valence-electron chi connectivity index (χ3n) is 2.03. The Morgan fingerprint density at radius 3 is 3.20 bits per heavy atom. The molecule has 0 radical (unpaired) electrons. The maximum atomic E-state index is 5.10. The largest absolute Gasteiger partial charge is 0.497 e. The van der Waals surface area contributed by atoms with Gasteiger partial charge in [0.25, 0.3) is 0 Å². The number of methoxy groups -OCH3 is 1. The highest BCUT2D eigenvalue weighted by molar-refractivity contribution is 5.64. The number of hydrogen-bond donors (Lipinski definition) is 0. The molecule has 0 aliphatic carbocycles. The number of rotatable bonds is 5. The summed E-state index contributed by atoms with van der Waals surface area (Å²) >= 11 is 0. The van der Waals surface area contributed by atoms with Crippen molar-refractivity contribution < 1.29 is 14.3 Å². The van der Waals surface area contributed by atoms with Gasteiger partial charge in [-0.25, -0.2) is 0 Å². The van der Waals surface area contributed by atoms with Crippen molar-refractivity contribution in [1.29, 1.82) is 0 Å². The van der Waals surface area contributed by atoms with Crippen LogP contribution in [0.4, 0.5) is 0 Å². The van der Waals surface area contributed by atoms with Gasteiger partial charge in [-0.05, 0) is 17.7 Å².